The smallest absolute Gasteiger partial charge is 0.187 e. The van der Waals surface area contributed by atoms with Crippen LogP contribution in [0.15, 0.2) is 0 Å². The highest BCUT2D eigenvalue weighted by atomic mass is 16.7. The molecule has 0 radical (unpaired) electrons. The summed E-state index contributed by atoms with van der Waals surface area (Å²) in [5, 5.41) is 99.4. The third kappa shape index (κ3) is 5.48. The van der Waals surface area contributed by atoms with Crippen LogP contribution in [0.4, 0.5) is 0 Å². The second-order valence-corrected chi connectivity index (χ2v) is 8.22. The first-order valence-corrected chi connectivity index (χ1v) is 10.5. The van der Waals surface area contributed by atoms with Gasteiger partial charge in [-0.3, -0.25) is 0 Å². The Hall–Kier alpha value is -0.600. The molecular formula is C18H32O15. The molecule has 3 aliphatic heterocycles. The Morgan fingerprint density at radius 3 is 1.58 bits per heavy atom. The van der Waals surface area contributed by atoms with E-state index in [0.29, 0.717) is 0 Å². The van der Waals surface area contributed by atoms with Gasteiger partial charge < -0.3 is 74.7 Å². The van der Waals surface area contributed by atoms with Crippen molar-refractivity contribution in [3.8, 4) is 0 Å². The maximum atomic E-state index is 10.6. The topological polar surface area (TPSA) is 248 Å². The van der Waals surface area contributed by atoms with Crippen molar-refractivity contribution >= 4 is 0 Å². The van der Waals surface area contributed by atoms with Crippen LogP contribution in [-0.4, -0.2) is 163 Å². The van der Waals surface area contributed by atoms with Crippen LogP contribution >= 0.6 is 0 Å². The zero-order valence-corrected chi connectivity index (χ0v) is 17.4. The molecule has 15 heteroatoms. The minimum Gasteiger partial charge on any atom is -0.394 e. The summed E-state index contributed by atoms with van der Waals surface area (Å²) in [5.41, 5.74) is 0. The van der Waals surface area contributed by atoms with Gasteiger partial charge in [-0.1, -0.05) is 0 Å². The van der Waals surface area contributed by atoms with Gasteiger partial charge in [-0.05, 0) is 0 Å². The molecule has 0 aromatic heterocycles. The molecule has 0 aromatic carbocycles. The Morgan fingerprint density at radius 1 is 0.545 bits per heavy atom. The fourth-order valence-electron chi connectivity index (χ4n) is 4.00. The average Bonchev–Trinajstić information content (AvgIpc) is 2.81. The highest BCUT2D eigenvalue weighted by Gasteiger charge is 2.52. The van der Waals surface area contributed by atoms with Crippen LogP contribution < -0.4 is 0 Å². The van der Waals surface area contributed by atoms with Crippen molar-refractivity contribution in [2.24, 2.45) is 0 Å². The third-order valence-electron chi connectivity index (χ3n) is 6.01. The monoisotopic (exact) mass is 488 g/mol. The molecule has 3 fully saturated rings. The lowest BCUT2D eigenvalue weighted by atomic mass is 9.96. The molecule has 9 unspecified atom stereocenters. The number of rotatable bonds is 7. The lowest BCUT2D eigenvalue weighted by molar-refractivity contribution is -0.371. The summed E-state index contributed by atoms with van der Waals surface area (Å²) in [4.78, 5) is 0. The van der Waals surface area contributed by atoms with E-state index in [0.717, 1.165) is 0 Å². The van der Waals surface area contributed by atoms with Gasteiger partial charge in [0.2, 0.25) is 0 Å². The summed E-state index contributed by atoms with van der Waals surface area (Å²) < 4.78 is 26.8. The second-order valence-electron chi connectivity index (χ2n) is 8.22. The van der Waals surface area contributed by atoms with Crippen molar-refractivity contribution in [3.05, 3.63) is 0 Å². The SMILES string of the molecule is OCC1O[C@H](O[C@@H]2C(CO)O[C@H](O[C@@H]3C(CO)OCC(O)C3O)C(O)C2O)C(O)C(O)[C@@H]1O. The fourth-order valence-corrected chi connectivity index (χ4v) is 4.00. The Bertz CT molecular complexity index is 605. The molecule has 3 aliphatic rings. The van der Waals surface area contributed by atoms with Gasteiger partial charge in [0.15, 0.2) is 12.6 Å². The highest BCUT2D eigenvalue weighted by molar-refractivity contribution is 4.95. The van der Waals surface area contributed by atoms with Crippen LogP contribution in [0, 0.1) is 0 Å². The number of hydrogen-bond acceptors (Lipinski definition) is 15. The molecule has 15 nitrogen and oxygen atoms in total. The van der Waals surface area contributed by atoms with E-state index in [1.54, 1.807) is 0 Å². The van der Waals surface area contributed by atoms with Crippen LogP contribution in [0.25, 0.3) is 0 Å². The Balaban J connectivity index is 1.71. The molecule has 0 saturated carbocycles. The van der Waals surface area contributed by atoms with Crippen LogP contribution in [0.2, 0.25) is 0 Å². The fraction of sp³-hybridized carbons (Fsp3) is 1.00. The predicted octanol–water partition coefficient (Wildman–Crippen LogP) is -6.89. The van der Waals surface area contributed by atoms with Gasteiger partial charge >= 0.3 is 0 Å². The molecule has 194 valence electrons. The largest absolute Gasteiger partial charge is 0.394 e. The molecule has 3 rings (SSSR count). The number of ether oxygens (including phenoxy) is 5. The van der Waals surface area contributed by atoms with Crippen LogP contribution in [0.5, 0.6) is 0 Å². The summed E-state index contributed by atoms with van der Waals surface area (Å²) in [6, 6.07) is 0. The quantitative estimate of drug-likeness (QED) is 0.160. The molecule has 0 spiro atoms. The van der Waals surface area contributed by atoms with Gasteiger partial charge in [-0.25, -0.2) is 0 Å². The van der Waals surface area contributed by atoms with E-state index >= 15 is 0 Å². The van der Waals surface area contributed by atoms with Crippen molar-refractivity contribution < 1.29 is 74.7 Å². The number of aliphatic hydroxyl groups is 10. The first-order chi connectivity index (χ1) is 15.6. The molecule has 3 heterocycles. The van der Waals surface area contributed by atoms with Gasteiger partial charge in [-0.15, -0.1) is 0 Å². The van der Waals surface area contributed by atoms with Gasteiger partial charge in [-0.2, -0.15) is 0 Å². The standard InChI is InChI=1S/C18H32O15/c19-1-6-10(24)11(25)13(27)17(30-6)33-16-8(3-21)31-18(14(28)12(16)26)32-15-7(2-20)29-4-5(22)9(15)23/h5-28H,1-4H2/t5?,6?,7?,8?,9?,10-,11?,12?,13?,14?,15-,16-,17-,18-/m1/s1. The normalized spacial score (nSPS) is 51.5. The van der Waals surface area contributed by atoms with Crippen molar-refractivity contribution in [1.29, 1.82) is 0 Å². The van der Waals surface area contributed by atoms with Gasteiger partial charge in [0.05, 0.1) is 26.4 Å². The Labute approximate surface area is 187 Å². The van der Waals surface area contributed by atoms with E-state index in [1.807, 2.05) is 0 Å². The first kappa shape index (κ1) is 27.0. The molecule has 0 aromatic rings. The lowest BCUT2D eigenvalue weighted by Crippen LogP contribution is -2.66. The van der Waals surface area contributed by atoms with Crippen LogP contribution in [0.1, 0.15) is 0 Å². The third-order valence-corrected chi connectivity index (χ3v) is 6.01. The van der Waals surface area contributed by atoms with Gasteiger partial charge in [0, 0.05) is 0 Å². The summed E-state index contributed by atoms with van der Waals surface area (Å²) in [6.45, 7) is -2.36. The zero-order chi connectivity index (χ0) is 24.4. The number of hydrogen-bond donors (Lipinski definition) is 10. The van der Waals surface area contributed by atoms with Gasteiger partial charge in [0.1, 0.15) is 73.2 Å². The minimum atomic E-state index is -1.84. The molecule has 14 atom stereocenters. The van der Waals surface area contributed by atoms with E-state index in [2.05, 4.69) is 0 Å². The summed E-state index contributed by atoms with van der Waals surface area (Å²) in [6.07, 6.45) is -21.7. The van der Waals surface area contributed by atoms with Crippen molar-refractivity contribution in [1.82, 2.24) is 0 Å². The molecule has 10 N–H and O–H groups in total. The Kier molecular flexibility index (Phi) is 9.35. The summed E-state index contributed by atoms with van der Waals surface area (Å²) in [5.74, 6) is 0. The van der Waals surface area contributed by atoms with Crippen molar-refractivity contribution in [3.63, 3.8) is 0 Å². The highest BCUT2D eigenvalue weighted by Crippen LogP contribution is 2.31. The zero-order valence-electron chi connectivity index (χ0n) is 17.4. The lowest BCUT2D eigenvalue weighted by Gasteiger charge is -2.47. The van der Waals surface area contributed by atoms with E-state index in [1.165, 1.54) is 0 Å². The minimum absolute atomic E-state index is 0.267. The van der Waals surface area contributed by atoms with E-state index < -0.39 is 106 Å². The maximum Gasteiger partial charge on any atom is 0.187 e. The summed E-state index contributed by atoms with van der Waals surface area (Å²) in [7, 11) is 0. The molecule has 3 saturated heterocycles. The van der Waals surface area contributed by atoms with E-state index in [-0.39, 0.29) is 6.61 Å². The first-order valence-electron chi connectivity index (χ1n) is 10.5. The van der Waals surface area contributed by atoms with Crippen LogP contribution in [-0.2, 0) is 23.7 Å². The van der Waals surface area contributed by atoms with Crippen LogP contribution in [0.3, 0.4) is 0 Å². The predicted molar refractivity (Wildman–Crippen MR) is 100 cm³/mol. The number of aliphatic hydroxyl groups excluding tert-OH is 10. The maximum absolute atomic E-state index is 10.6. The molecular weight excluding hydrogens is 456 g/mol. The molecule has 33 heavy (non-hydrogen) atoms. The molecule has 0 aliphatic carbocycles. The second kappa shape index (κ2) is 11.4. The molecule has 0 bridgehead atoms. The van der Waals surface area contributed by atoms with Crippen molar-refractivity contribution in [2.45, 2.75) is 85.8 Å². The van der Waals surface area contributed by atoms with Gasteiger partial charge in [0.25, 0.3) is 0 Å². The summed E-state index contributed by atoms with van der Waals surface area (Å²) >= 11 is 0. The average molecular weight is 488 g/mol. The van der Waals surface area contributed by atoms with E-state index in [4.69, 9.17) is 23.7 Å². The van der Waals surface area contributed by atoms with E-state index in [9.17, 15) is 51.1 Å². The molecule has 0 amide bonds. The Morgan fingerprint density at radius 2 is 1.03 bits per heavy atom. The van der Waals surface area contributed by atoms with Crippen molar-refractivity contribution in [2.75, 3.05) is 26.4 Å².